The fourth-order valence-corrected chi connectivity index (χ4v) is 3.08. The Bertz CT molecular complexity index is 1150. The number of benzene rings is 2. The molecule has 0 aliphatic carbocycles. The highest BCUT2D eigenvalue weighted by Gasteiger charge is 2.10. The minimum Gasteiger partial charge on any atom is -0.361 e. The smallest absolute Gasteiger partial charge is 0.156 e. The first kappa shape index (κ1) is 13.1. The second-order valence-corrected chi connectivity index (χ2v) is 5.80. The number of aromatic amines is 2. The van der Waals surface area contributed by atoms with E-state index in [-0.39, 0.29) is 0 Å². The van der Waals surface area contributed by atoms with Gasteiger partial charge in [-0.2, -0.15) is 0 Å². The molecule has 0 saturated carbocycles. The summed E-state index contributed by atoms with van der Waals surface area (Å²) in [5, 5.41) is 1.17. The highest BCUT2D eigenvalue weighted by atomic mass is 14.9. The molecule has 0 saturated heterocycles. The molecule has 24 heavy (non-hydrogen) atoms. The van der Waals surface area contributed by atoms with Gasteiger partial charge in [-0.05, 0) is 23.8 Å². The number of nitrogens with zero attached hydrogens (tertiary/aromatic N) is 2. The zero-order chi connectivity index (χ0) is 15.9. The summed E-state index contributed by atoms with van der Waals surface area (Å²) in [4.78, 5) is 15.8. The third kappa shape index (κ3) is 2.01. The number of H-pyrrole nitrogens is 2. The molecule has 3 aromatic heterocycles. The first-order chi connectivity index (χ1) is 11.9. The van der Waals surface area contributed by atoms with E-state index in [4.69, 9.17) is 4.98 Å². The van der Waals surface area contributed by atoms with E-state index in [1.54, 1.807) is 0 Å². The van der Waals surface area contributed by atoms with Crippen molar-refractivity contribution in [2.75, 3.05) is 0 Å². The van der Waals surface area contributed by atoms with Gasteiger partial charge in [-0.25, -0.2) is 9.97 Å². The molecule has 5 aromatic rings. The van der Waals surface area contributed by atoms with Crippen LogP contribution in [0.15, 0.2) is 73.2 Å². The van der Waals surface area contributed by atoms with Crippen LogP contribution in [0.3, 0.4) is 0 Å². The Labute approximate surface area is 138 Å². The van der Waals surface area contributed by atoms with Gasteiger partial charge in [0.25, 0.3) is 0 Å². The van der Waals surface area contributed by atoms with Crippen molar-refractivity contribution in [3.8, 4) is 22.4 Å². The van der Waals surface area contributed by atoms with Crippen LogP contribution < -0.4 is 0 Å². The molecule has 0 aliphatic rings. The third-order valence-electron chi connectivity index (χ3n) is 4.31. The number of rotatable bonds is 2. The van der Waals surface area contributed by atoms with Gasteiger partial charge in [0.05, 0.1) is 11.9 Å². The maximum Gasteiger partial charge on any atom is 0.156 e. The lowest BCUT2D eigenvalue weighted by Gasteiger charge is -2.03. The van der Waals surface area contributed by atoms with Crippen molar-refractivity contribution in [2.24, 2.45) is 0 Å². The van der Waals surface area contributed by atoms with E-state index in [0.29, 0.717) is 0 Å². The first-order valence-electron chi connectivity index (χ1n) is 7.85. The zero-order valence-corrected chi connectivity index (χ0v) is 12.8. The van der Waals surface area contributed by atoms with Gasteiger partial charge in [0.15, 0.2) is 5.65 Å². The maximum absolute atomic E-state index is 4.87. The molecular weight excluding hydrogens is 296 g/mol. The van der Waals surface area contributed by atoms with Gasteiger partial charge < -0.3 is 9.97 Å². The van der Waals surface area contributed by atoms with Gasteiger partial charge in [-0.15, -0.1) is 0 Å². The van der Waals surface area contributed by atoms with Gasteiger partial charge in [-0.1, -0.05) is 36.4 Å². The van der Waals surface area contributed by atoms with Crippen LogP contribution in [0, 0.1) is 0 Å². The number of nitrogens with one attached hydrogen (secondary N) is 2. The van der Waals surface area contributed by atoms with E-state index in [1.165, 1.54) is 5.39 Å². The molecule has 4 nitrogen and oxygen atoms in total. The predicted molar refractivity (Wildman–Crippen MR) is 96.6 cm³/mol. The van der Waals surface area contributed by atoms with Crippen LogP contribution in [0.25, 0.3) is 44.5 Å². The van der Waals surface area contributed by atoms with Crippen LogP contribution in [-0.4, -0.2) is 19.9 Å². The summed E-state index contributed by atoms with van der Waals surface area (Å²) in [6.45, 7) is 0. The summed E-state index contributed by atoms with van der Waals surface area (Å²) in [5.41, 5.74) is 6.98. The molecule has 0 spiro atoms. The highest BCUT2D eigenvalue weighted by molar-refractivity contribution is 5.92. The summed E-state index contributed by atoms with van der Waals surface area (Å²) in [6, 6.07) is 18.6. The van der Waals surface area contributed by atoms with Crippen molar-refractivity contribution in [3.63, 3.8) is 0 Å². The number of aromatic nitrogens is 4. The molecule has 4 heteroatoms. The Morgan fingerprint density at radius 2 is 1.75 bits per heavy atom. The molecule has 0 fully saturated rings. The van der Waals surface area contributed by atoms with Crippen molar-refractivity contribution >= 4 is 22.1 Å². The zero-order valence-electron chi connectivity index (χ0n) is 12.8. The first-order valence-corrected chi connectivity index (χ1v) is 7.85. The van der Waals surface area contributed by atoms with Crippen LogP contribution in [0.1, 0.15) is 0 Å². The minimum atomic E-state index is 0.806. The predicted octanol–water partition coefficient (Wildman–Crippen LogP) is 4.77. The van der Waals surface area contributed by atoms with Gasteiger partial charge in [0, 0.05) is 34.4 Å². The van der Waals surface area contributed by atoms with E-state index >= 15 is 0 Å². The van der Waals surface area contributed by atoms with Crippen molar-refractivity contribution in [2.45, 2.75) is 0 Å². The average Bonchev–Trinajstić information content (AvgIpc) is 3.28. The molecule has 3 heterocycles. The normalized spacial score (nSPS) is 11.3. The summed E-state index contributed by atoms with van der Waals surface area (Å²) in [5.74, 6) is 0. The molecule has 2 aromatic carbocycles. The second kappa shape index (κ2) is 5.06. The van der Waals surface area contributed by atoms with Crippen LogP contribution in [0.2, 0.25) is 0 Å². The number of hydrogen-bond donors (Lipinski definition) is 2. The molecule has 0 bridgehead atoms. The van der Waals surface area contributed by atoms with E-state index in [0.717, 1.165) is 39.1 Å². The van der Waals surface area contributed by atoms with Crippen molar-refractivity contribution in [1.82, 2.24) is 19.9 Å². The molecule has 0 aliphatic heterocycles. The number of hydrogen-bond acceptors (Lipinski definition) is 2. The Kier molecular flexibility index (Phi) is 2.76. The Morgan fingerprint density at radius 1 is 0.833 bits per heavy atom. The Morgan fingerprint density at radius 3 is 2.67 bits per heavy atom. The van der Waals surface area contributed by atoms with Gasteiger partial charge in [0.2, 0.25) is 0 Å². The molecule has 114 valence electrons. The van der Waals surface area contributed by atoms with Crippen LogP contribution >= 0.6 is 0 Å². The molecule has 0 unspecified atom stereocenters. The average molecular weight is 310 g/mol. The van der Waals surface area contributed by atoms with Crippen LogP contribution in [-0.2, 0) is 0 Å². The fourth-order valence-electron chi connectivity index (χ4n) is 3.08. The van der Waals surface area contributed by atoms with E-state index in [1.807, 2.05) is 36.8 Å². The minimum absolute atomic E-state index is 0.806. The summed E-state index contributed by atoms with van der Waals surface area (Å²) >= 11 is 0. The summed E-state index contributed by atoms with van der Waals surface area (Å²) < 4.78 is 0. The standard InChI is InChI=1S/C20H14N4/c1-2-4-13(5-3-1)16-11-22-20-19(16)24-18(12-23-20)14-6-7-17-15(10-14)8-9-21-17/h1-12,21H,(H,22,23). The lowest BCUT2D eigenvalue weighted by atomic mass is 10.1. The van der Waals surface area contributed by atoms with Crippen LogP contribution in [0.5, 0.6) is 0 Å². The fraction of sp³-hybridized carbons (Fsp3) is 0. The van der Waals surface area contributed by atoms with Gasteiger partial charge in [-0.3, -0.25) is 0 Å². The largest absolute Gasteiger partial charge is 0.361 e. The van der Waals surface area contributed by atoms with Crippen molar-refractivity contribution in [3.05, 3.63) is 73.2 Å². The summed E-state index contributed by atoms with van der Waals surface area (Å²) in [6.07, 6.45) is 5.74. The maximum atomic E-state index is 4.87. The second-order valence-electron chi connectivity index (χ2n) is 5.80. The molecule has 0 amide bonds. The van der Waals surface area contributed by atoms with Gasteiger partial charge >= 0.3 is 0 Å². The lowest BCUT2D eigenvalue weighted by Crippen LogP contribution is -1.88. The Balaban J connectivity index is 1.69. The third-order valence-corrected chi connectivity index (χ3v) is 4.31. The monoisotopic (exact) mass is 310 g/mol. The summed E-state index contributed by atoms with van der Waals surface area (Å²) in [7, 11) is 0. The molecule has 2 N–H and O–H groups in total. The van der Waals surface area contributed by atoms with Crippen LogP contribution in [0.4, 0.5) is 0 Å². The molecule has 0 radical (unpaired) electrons. The number of fused-ring (bicyclic) bond motifs is 2. The van der Waals surface area contributed by atoms with Crippen molar-refractivity contribution in [1.29, 1.82) is 0 Å². The molecular formula is C20H14N4. The molecule has 5 rings (SSSR count). The van der Waals surface area contributed by atoms with E-state index < -0.39 is 0 Å². The SMILES string of the molecule is c1ccc(-c2c[nH]c3ncc(-c4ccc5[nH]ccc5c4)nc23)cc1. The van der Waals surface area contributed by atoms with E-state index in [9.17, 15) is 0 Å². The highest BCUT2D eigenvalue weighted by Crippen LogP contribution is 2.29. The van der Waals surface area contributed by atoms with E-state index in [2.05, 4.69) is 51.4 Å². The quantitative estimate of drug-likeness (QED) is 0.493. The Hall–Kier alpha value is -3.40. The lowest BCUT2D eigenvalue weighted by molar-refractivity contribution is 1.26. The topological polar surface area (TPSA) is 57.4 Å². The molecule has 0 atom stereocenters. The van der Waals surface area contributed by atoms with Gasteiger partial charge in [0.1, 0.15) is 5.52 Å². The van der Waals surface area contributed by atoms with Crippen molar-refractivity contribution < 1.29 is 0 Å².